The Balaban J connectivity index is 0. The van der Waals surface area contributed by atoms with Crippen LogP contribution in [0.5, 0.6) is 0 Å². The molecular weight excluding hydrogens is 207 g/mol. The van der Waals surface area contributed by atoms with Gasteiger partial charge in [0.2, 0.25) is 10.4 Å². The molecule has 0 atom stereocenters. The Labute approximate surface area is 100 Å². The van der Waals surface area contributed by atoms with Crippen LogP contribution in [0.15, 0.2) is 0 Å². The average molecular weight is 218 g/mol. The molecule has 0 aliphatic heterocycles. The molecule has 0 aromatic carbocycles. The summed E-state index contributed by atoms with van der Waals surface area (Å²) in [5.74, 6) is 0.0416. The number of hydrogen-bond donors (Lipinski definition) is 0. The second-order valence-electron chi connectivity index (χ2n) is 2.39. The molecule has 0 rings (SSSR count). The van der Waals surface area contributed by atoms with Crippen molar-refractivity contribution >= 4 is 16.2 Å². The van der Waals surface area contributed by atoms with Crippen LogP contribution in [0, 0.1) is 0 Å². The Bertz CT molecular complexity index is 235. The summed E-state index contributed by atoms with van der Waals surface area (Å²) in [5, 5.41) is 0. The van der Waals surface area contributed by atoms with Gasteiger partial charge in [0.15, 0.2) is 0 Å². The third kappa shape index (κ3) is 15.3. The Morgan fingerprint density at radius 1 is 1.38 bits per heavy atom. The van der Waals surface area contributed by atoms with Crippen LogP contribution in [0.1, 0.15) is 26.2 Å². The van der Waals surface area contributed by atoms with Gasteiger partial charge in [-0.25, -0.2) is 8.42 Å². The van der Waals surface area contributed by atoms with Crippen LogP contribution in [0.25, 0.3) is 0 Å². The summed E-state index contributed by atoms with van der Waals surface area (Å²) in [5.41, 5.74) is 0. The molecule has 7 heteroatoms. The summed E-state index contributed by atoms with van der Waals surface area (Å²) in [7, 11) is -4.56. The molecule has 0 amide bonds. The molecule has 0 aromatic rings. The van der Waals surface area contributed by atoms with Crippen LogP contribution in [-0.4, -0.2) is 25.4 Å². The number of ketones is 1. The number of rotatable bonds is 6. The second kappa shape index (κ2) is 7.90. The Hall–Kier alpha value is 0.540. The van der Waals surface area contributed by atoms with Gasteiger partial charge in [0.05, 0.1) is 6.61 Å². The summed E-state index contributed by atoms with van der Waals surface area (Å²) in [4.78, 5) is 10.4. The molecular formula is C6H11NaO5S. The maximum atomic E-state index is 10.4. The van der Waals surface area contributed by atoms with E-state index in [9.17, 15) is 17.8 Å². The molecule has 0 N–H and O–H groups in total. The van der Waals surface area contributed by atoms with E-state index in [1.54, 1.807) is 0 Å². The summed E-state index contributed by atoms with van der Waals surface area (Å²) in [6.07, 6.45) is 1.34. The van der Waals surface area contributed by atoms with Crippen molar-refractivity contribution in [3.8, 4) is 0 Å². The molecule has 0 radical (unpaired) electrons. The zero-order valence-corrected chi connectivity index (χ0v) is 10.6. The molecule has 0 heterocycles. The maximum absolute atomic E-state index is 10.4. The third-order valence-corrected chi connectivity index (χ3v) is 1.61. The molecule has 5 nitrogen and oxygen atoms in total. The SMILES string of the molecule is CC(=O)CCCCOS(=O)(=O)[O-].[Na+]. The van der Waals surface area contributed by atoms with Gasteiger partial charge in [0.25, 0.3) is 0 Å². The van der Waals surface area contributed by atoms with Crippen molar-refractivity contribution in [2.45, 2.75) is 26.2 Å². The minimum absolute atomic E-state index is 0. The fourth-order valence-corrected chi connectivity index (χ4v) is 0.959. The zero-order valence-electron chi connectivity index (χ0n) is 7.78. The minimum Gasteiger partial charge on any atom is -0.726 e. The van der Waals surface area contributed by atoms with Crippen molar-refractivity contribution in [3.05, 3.63) is 0 Å². The molecule has 0 unspecified atom stereocenters. The molecule has 0 spiro atoms. The summed E-state index contributed by atoms with van der Waals surface area (Å²) < 4.78 is 33.6. The van der Waals surface area contributed by atoms with Crippen molar-refractivity contribution in [2.24, 2.45) is 0 Å². The molecule has 0 aromatic heterocycles. The summed E-state index contributed by atoms with van der Waals surface area (Å²) in [6.45, 7) is 1.31. The molecule has 0 saturated carbocycles. The first-order valence-corrected chi connectivity index (χ1v) is 4.85. The second-order valence-corrected chi connectivity index (χ2v) is 3.44. The fourth-order valence-electron chi connectivity index (χ4n) is 0.637. The van der Waals surface area contributed by atoms with Gasteiger partial charge in [-0.3, -0.25) is 4.18 Å². The van der Waals surface area contributed by atoms with Crippen molar-refractivity contribution in [1.29, 1.82) is 0 Å². The van der Waals surface area contributed by atoms with E-state index in [1.807, 2.05) is 0 Å². The smallest absolute Gasteiger partial charge is 0.726 e. The molecule has 72 valence electrons. The first-order valence-electron chi connectivity index (χ1n) is 3.51. The summed E-state index contributed by atoms with van der Waals surface area (Å²) in [6, 6.07) is 0. The quantitative estimate of drug-likeness (QED) is 0.208. The monoisotopic (exact) mass is 218 g/mol. The Kier molecular flexibility index (Phi) is 9.71. The van der Waals surface area contributed by atoms with Gasteiger partial charge in [0.1, 0.15) is 5.78 Å². The maximum Gasteiger partial charge on any atom is 1.00 e. The first-order chi connectivity index (χ1) is 5.42. The van der Waals surface area contributed by atoms with Crippen LogP contribution in [-0.2, 0) is 19.4 Å². The van der Waals surface area contributed by atoms with E-state index in [0.717, 1.165) is 0 Å². The van der Waals surface area contributed by atoms with E-state index in [1.165, 1.54) is 6.92 Å². The predicted octanol–water partition coefficient (Wildman–Crippen LogP) is -2.77. The van der Waals surface area contributed by atoms with Crippen LogP contribution >= 0.6 is 0 Å². The minimum atomic E-state index is -4.56. The van der Waals surface area contributed by atoms with Gasteiger partial charge in [-0.05, 0) is 19.8 Å². The number of unbranched alkanes of at least 4 members (excludes halogenated alkanes) is 1. The number of Topliss-reactive ketones (excluding diaryl/α,β-unsaturated/α-hetero) is 1. The molecule has 0 aliphatic rings. The molecule has 0 fully saturated rings. The van der Waals surface area contributed by atoms with Gasteiger partial charge < -0.3 is 9.35 Å². The standard InChI is InChI=1S/C6H12O5S.Na/c1-6(7)4-2-3-5-11-12(8,9)10;/h2-5H2,1H3,(H,8,9,10);/q;+1/p-1. The van der Waals surface area contributed by atoms with Crippen molar-refractivity contribution in [2.75, 3.05) is 6.61 Å². The molecule has 0 aliphatic carbocycles. The number of hydrogen-bond acceptors (Lipinski definition) is 5. The summed E-state index contributed by atoms with van der Waals surface area (Å²) >= 11 is 0. The topological polar surface area (TPSA) is 83.5 Å². The zero-order chi connectivity index (χ0) is 9.61. The van der Waals surface area contributed by atoms with Crippen LogP contribution in [0.2, 0.25) is 0 Å². The third-order valence-electron chi connectivity index (χ3n) is 1.15. The van der Waals surface area contributed by atoms with E-state index in [2.05, 4.69) is 4.18 Å². The van der Waals surface area contributed by atoms with Crippen LogP contribution in [0.3, 0.4) is 0 Å². The molecule has 13 heavy (non-hydrogen) atoms. The molecule has 0 saturated heterocycles. The van der Waals surface area contributed by atoms with Crippen LogP contribution < -0.4 is 29.6 Å². The number of carbonyl (C=O) groups excluding carboxylic acids is 1. The van der Waals surface area contributed by atoms with E-state index < -0.39 is 10.4 Å². The molecule has 0 bridgehead atoms. The largest absolute Gasteiger partial charge is 1.00 e. The van der Waals surface area contributed by atoms with E-state index in [4.69, 9.17) is 0 Å². The van der Waals surface area contributed by atoms with Gasteiger partial charge in [-0.15, -0.1) is 0 Å². The van der Waals surface area contributed by atoms with Gasteiger partial charge in [-0.1, -0.05) is 0 Å². The normalized spacial score (nSPS) is 10.6. The van der Waals surface area contributed by atoms with Gasteiger partial charge in [-0.2, -0.15) is 0 Å². The number of carbonyl (C=O) groups is 1. The van der Waals surface area contributed by atoms with Crippen LogP contribution in [0.4, 0.5) is 0 Å². The average Bonchev–Trinajstić information content (AvgIpc) is 1.83. The van der Waals surface area contributed by atoms with E-state index >= 15 is 0 Å². The van der Waals surface area contributed by atoms with Gasteiger partial charge in [0, 0.05) is 6.42 Å². The van der Waals surface area contributed by atoms with Crippen molar-refractivity contribution in [3.63, 3.8) is 0 Å². The van der Waals surface area contributed by atoms with Crippen molar-refractivity contribution in [1.82, 2.24) is 0 Å². The first kappa shape index (κ1) is 16.0. The van der Waals surface area contributed by atoms with Gasteiger partial charge >= 0.3 is 29.6 Å². The van der Waals surface area contributed by atoms with E-state index in [-0.39, 0.29) is 41.9 Å². The van der Waals surface area contributed by atoms with E-state index in [0.29, 0.717) is 19.3 Å². The fraction of sp³-hybridized carbons (Fsp3) is 0.833. The Morgan fingerprint density at radius 3 is 2.31 bits per heavy atom. The Morgan fingerprint density at radius 2 is 1.92 bits per heavy atom. The van der Waals surface area contributed by atoms with Crippen molar-refractivity contribution < 1.29 is 51.5 Å². The predicted molar refractivity (Wildman–Crippen MR) is 40.2 cm³/mol.